The van der Waals surface area contributed by atoms with Gasteiger partial charge in [0.05, 0.1) is 4.99 Å². The Morgan fingerprint density at radius 2 is 1.84 bits per heavy atom. The van der Waals surface area contributed by atoms with Crippen molar-refractivity contribution in [3.63, 3.8) is 0 Å². The number of ether oxygens (including phenoxy) is 1. The summed E-state index contributed by atoms with van der Waals surface area (Å²) in [5.41, 5.74) is 5.05. The lowest BCUT2D eigenvalue weighted by Crippen LogP contribution is -2.50. The molecule has 0 aromatic rings. The average Bonchev–Trinajstić information content (AvgIpc) is 2.27. The number of carbonyl (C=O) groups excluding carboxylic acids is 1. The fourth-order valence-electron chi connectivity index (χ4n) is 1.96. The van der Waals surface area contributed by atoms with Crippen LogP contribution in [0.15, 0.2) is 0 Å². The fraction of sp³-hybridized carbons (Fsp3) is 0.846. The van der Waals surface area contributed by atoms with E-state index in [9.17, 15) is 4.79 Å². The van der Waals surface area contributed by atoms with Crippen LogP contribution in [0.3, 0.4) is 0 Å². The minimum absolute atomic E-state index is 0.213. The van der Waals surface area contributed by atoms with E-state index in [0.29, 0.717) is 4.99 Å². The molecule has 110 valence electrons. The third-order valence-corrected chi connectivity index (χ3v) is 3.13. The number of nitrogens with two attached hydrogens (primary N) is 1. The molecule has 2 N–H and O–H groups in total. The van der Waals surface area contributed by atoms with Crippen molar-refractivity contribution in [3.8, 4) is 0 Å². The van der Waals surface area contributed by atoms with Gasteiger partial charge < -0.3 is 15.4 Å². The summed E-state index contributed by atoms with van der Waals surface area (Å²) < 4.78 is 5.36. The third kappa shape index (κ3) is 6.73. The van der Waals surface area contributed by atoms with E-state index in [-0.39, 0.29) is 6.09 Å². The second kappa shape index (κ2) is 7.05. The first-order valence-corrected chi connectivity index (χ1v) is 7.17. The number of rotatable bonds is 4. The Morgan fingerprint density at radius 1 is 1.26 bits per heavy atom. The Morgan fingerprint density at radius 3 is 2.32 bits per heavy atom. The summed E-state index contributed by atoms with van der Waals surface area (Å²) in [6, 6.07) is 0. The summed E-state index contributed by atoms with van der Waals surface area (Å²) in [4.78, 5) is 16.6. The van der Waals surface area contributed by atoms with Gasteiger partial charge in [-0.2, -0.15) is 0 Å². The van der Waals surface area contributed by atoms with E-state index >= 15 is 0 Å². The molecule has 0 unspecified atom stereocenters. The van der Waals surface area contributed by atoms with Gasteiger partial charge in [-0.15, -0.1) is 0 Å². The molecule has 1 rings (SSSR count). The van der Waals surface area contributed by atoms with Crippen molar-refractivity contribution >= 4 is 23.3 Å². The molecule has 19 heavy (non-hydrogen) atoms. The second-order valence-electron chi connectivity index (χ2n) is 5.88. The summed E-state index contributed by atoms with van der Waals surface area (Å²) >= 11 is 4.86. The molecule has 1 fully saturated rings. The quantitative estimate of drug-likeness (QED) is 0.796. The predicted octanol–water partition coefficient (Wildman–Crippen LogP) is 1.61. The predicted molar refractivity (Wildman–Crippen MR) is 80.3 cm³/mol. The van der Waals surface area contributed by atoms with Crippen LogP contribution in [0.4, 0.5) is 4.79 Å². The van der Waals surface area contributed by atoms with Crippen LogP contribution in [0.1, 0.15) is 33.6 Å². The summed E-state index contributed by atoms with van der Waals surface area (Å²) in [5, 5.41) is 0. The molecule has 6 heteroatoms. The number of amides is 1. The van der Waals surface area contributed by atoms with Gasteiger partial charge in [-0.3, -0.25) is 4.90 Å². The number of piperazine rings is 1. The van der Waals surface area contributed by atoms with E-state index in [4.69, 9.17) is 22.7 Å². The van der Waals surface area contributed by atoms with Crippen LogP contribution in [-0.2, 0) is 4.74 Å². The zero-order valence-corrected chi connectivity index (χ0v) is 13.0. The van der Waals surface area contributed by atoms with E-state index in [1.165, 1.54) is 0 Å². The summed E-state index contributed by atoms with van der Waals surface area (Å²) in [6.45, 7) is 9.86. The lowest BCUT2D eigenvalue weighted by atomic mass is 10.2. The number of carbonyl (C=O) groups is 1. The van der Waals surface area contributed by atoms with Gasteiger partial charge in [-0.1, -0.05) is 12.2 Å². The van der Waals surface area contributed by atoms with Crippen molar-refractivity contribution < 1.29 is 9.53 Å². The Bertz CT molecular complexity index is 320. The van der Waals surface area contributed by atoms with E-state index in [0.717, 1.165) is 45.6 Å². The van der Waals surface area contributed by atoms with Crippen molar-refractivity contribution in [1.29, 1.82) is 0 Å². The Hall–Kier alpha value is -0.880. The van der Waals surface area contributed by atoms with Crippen molar-refractivity contribution in [3.05, 3.63) is 0 Å². The lowest BCUT2D eigenvalue weighted by molar-refractivity contribution is 0.0145. The molecule has 1 aliphatic heterocycles. The maximum absolute atomic E-state index is 11.9. The average molecular weight is 287 g/mol. The Balaban J connectivity index is 2.25. The third-order valence-electron chi connectivity index (χ3n) is 2.92. The number of hydrogen-bond acceptors (Lipinski definition) is 4. The molecule has 1 aliphatic rings. The monoisotopic (exact) mass is 287 g/mol. The second-order valence-corrected chi connectivity index (χ2v) is 6.40. The van der Waals surface area contributed by atoms with Crippen LogP contribution < -0.4 is 5.73 Å². The van der Waals surface area contributed by atoms with Gasteiger partial charge in [-0.25, -0.2) is 4.79 Å². The maximum atomic E-state index is 11.9. The number of nitrogens with zero attached hydrogens (tertiary/aromatic N) is 2. The van der Waals surface area contributed by atoms with Crippen LogP contribution in [0.5, 0.6) is 0 Å². The van der Waals surface area contributed by atoms with Gasteiger partial charge in [-0.05, 0) is 40.2 Å². The molecule has 0 aromatic carbocycles. The first-order chi connectivity index (χ1) is 8.78. The molecule has 1 amide bonds. The molecule has 1 heterocycles. The van der Waals surface area contributed by atoms with Gasteiger partial charge in [0.25, 0.3) is 0 Å². The van der Waals surface area contributed by atoms with Gasteiger partial charge in [0.1, 0.15) is 5.60 Å². The van der Waals surface area contributed by atoms with Crippen LogP contribution in [-0.4, -0.2) is 59.2 Å². The van der Waals surface area contributed by atoms with Crippen LogP contribution >= 0.6 is 12.2 Å². The van der Waals surface area contributed by atoms with Crippen LogP contribution in [0, 0.1) is 0 Å². The zero-order valence-electron chi connectivity index (χ0n) is 12.1. The summed E-state index contributed by atoms with van der Waals surface area (Å²) in [7, 11) is 0. The van der Waals surface area contributed by atoms with Crippen molar-refractivity contribution in [2.75, 3.05) is 32.7 Å². The van der Waals surface area contributed by atoms with E-state index in [2.05, 4.69) is 4.90 Å². The topological polar surface area (TPSA) is 58.8 Å². The molecule has 1 saturated heterocycles. The lowest BCUT2D eigenvalue weighted by Gasteiger charge is -2.35. The molecule has 0 aromatic heterocycles. The SMILES string of the molecule is CC(C)(C)OC(=O)N1CCN(CCCC(N)=S)CC1. The van der Waals surface area contributed by atoms with Gasteiger partial charge in [0.15, 0.2) is 0 Å². The Kier molecular flexibility index (Phi) is 6.00. The molecular formula is C13H25N3O2S. The molecule has 0 saturated carbocycles. The highest BCUT2D eigenvalue weighted by Crippen LogP contribution is 2.12. The molecule has 0 radical (unpaired) electrons. The van der Waals surface area contributed by atoms with Gasteiger partial charge >= 0.3 is 6.09 Å². The maximum Gasteiger partial charge on any atom is 0.410 e. The van der Waals surface area contributed by atoms with Crippen molar-refractivity contribution in [2.24, 2.45) is 5.73 Å². The highest BCUT2D eigenvalue weighted by molar-refractivity contribution is 7.80. The van der Waals surface area contributed by atoms with Crippen molar-refractivity contribution in [1.82, 2.24) is 9.80 Å². The standard InChI is InChI=1S/C13H25N3O2S/c1-13(2,3)18-12(17)16-9-7-15(8-10-16)6-4-5-11(14)19/h4-10H2,1-3H3,(H2,14,19). The zero-order chi connectivity index (χ0) is 14.5. The highest BCUT2D eigenvalue weighted by Gasteiger charge is 2.25. The largest absolute Gasteiger partial charge is 0.444 e. The normalized spacial score (nSPS) is 17.3. The minimum atomic E-state index is -0.426. The fourth-order valence-corrected chi connectivity index (χ4v) is 2.10. The molecule has 0 atom stereocenters. The molecule has 0 bridgehead atoms. The van der Waals surface area contributed by atoms with E-state index < -0.39 is 5.60 Å². The van der Waals surface area contributed by atoms with Crippen LogP contribution in [0.2, 0.25) is 0 Å². The van der Waals surface area contributed by atoms with Gasteiger partial charge in [0.2, 0.25) is 0 Å². The molecule has 5 nitrogen and oxygen atoms in total. The minimum Gasteiger partial charge on any atom is -0.444 e. The van der Waals surface area contributed by atoms with Crippen LogP contribution in [0.25, 0.3) is 0 Å². The molecule has 0 aliphatic carbocycles. The Labute approximate surface area is 121 Å². The summed E-state index contributed by atoms with van der Waals surface area (Å²) in [6.07, 6.45) is 1.57. The first kappa shape index (κ1) is 16.2. The summed E-state index contributed by atoms with van der Waals surface area (Å²) in [5.74, 6) is 0. The molecular weight excluding hydrogens is 262 g/mol. The number of thiocarbonyl (C=S) groups is 1. The molecule has 0 spiro atoms. The van der Waals surface area contributed by atoms with Gasteiger partial charge in [0, 0.05) is 26.2 Å². The smallest absolute Gasteiger partial charge is 0.410 e. The first-order valence-electron chi connectivity index (χ1n) is 6.76. The van der Waals surface area contributed by atoms with E-state index in [1.807, 2.05) is 20.8 Å². The van der Waals surface area contributed by atoms with E-state index in [1.54, 1.807) is 4.90 Å². The highest BCUT2D eigenvalue weighted by atomic mass is 32.1. The van der Waals surface area contributed by atoms with Crippen molar-refractivity contribution in [2.45, 2.75) is 39.2 Å². The number of hydrogen-bond donors (Lipinski definition) is 1.